The van der Waals surface area contributed by atoms with Crippen LogP contribution in [0.1, 0.15) is 439 Å². The van der Waals surface area contributed by atoms with E-state index in [1.807, 2.05) is 0 Å². The number of hydrogen-bond donors (Lipinski definition) is 3. The molecule has 0 heterocycles. The average molecular weight is 1480 g/mol. The molecule has 0 aromatic carbocycles. The van der Waals surface area contributed by atoms with Crippen LogP contribution in [0.15, 0.2) is 0 Å². The molecule has 0 aliphatic heterocycles. The Morgan fingerprint density at radius 3 is 0.673 bits per heavy atom. The molecule has 17 nitrogen and oxygen atoms in total. The highest BCUT2D eigenvalue weighted by Gasteiger charge is 2.30. The summed E-state index contributed by atoms with van der Waals surface area (Å²) < 4.78 is 68.7. The van der Waals surface area contributed by atoms with Gasteiger partial charge < -0.3 is 33.8 Å². The van der Waals surface area contributed by atoms with Gasteiger partial charge in [0.05, 0.1) is 26.4 Å². The minimum atomic E-state index is -4.96. The van der Waals surface area contributed by atoms with Crippen LogP contribution in [0.2, 0.25) is 0 Å². The molecule has 600 valence electrons. The number of carbonyl (C=O) groups excluding carboxylic acids is 4. The molecule has 0 aromatic heterocycles. The maximum absolute atomic E-state index is 13.1. The second-order valence-corrected chi connectivity index (χ2v) is 32.9. The predicted octanol–water partition coefficient (Wildman–Crippen LogP) is 24.8. The summed E-state index contributed by atoms with van der Waals surface area (Å²) in [5.41, 5.74) is 0. The molecular weight excluding hydrogens is 1320 g/mol. The van der Waals surface area contributed by atoms with Gasteiger partial charge in [0.15, 0.2) is 12.2 Å². The van der Waals surface area contributed by atoms with Gasteiger partial charge in [-0.05, 0) is 31.6 Å². The Balaban J connectivity index is 5.22. The number of hydrogen-bond acceptors (Lipinski definition) is 15. The summed E-state index contributed by atoms with van der Waals surface area (Å²) in [6.45, 7) is 7.35. The normalized spacial score (nSPS) is 13.8. The highest BCUT2D eigenvalue weighted by Crippen LogP contribution is 2.45. The van der Waals surface area contributed by atoms with E-state index < -0.39 is 97.5 Å². The van der Waals surface area contributed by atoms with E-state index in [-0.39, 0.29) is 25.7 Å². The van der Waals surface area contributed by atoms with E-state index in [4.69, 9.17) is 37.0 Å². The number of aliphatic hydroxyl groups excluding tert-OH is 1. The molecule has 0 aromatic rings. The number of phosphoric ester groups is 2. The SMILES string of the molecule is CCCCCCCCCCCCCCCCCCCCCC(=O)O[C@H](COC(=O)CCCCCCCCCCCCCCCCC(C)C)COP(=O)(O)OC[C@@H](O)COP(=O)(O)OC[C@@H](COC(=O)CCCCCCCCCCC)OC(=O)CCCCCCCCCCCCCCCCCC. The van der Waals surface area contributed by atoms with Crippen molar-refractivity contribution in [2.75, 3.05) is 39.6 Å². The van der Waals surface area contributed by atoms with E-state index in [1.54, 1.807) is 0 Å². The van der Waals surface area contributed by atoms with E-state index in [0.717, 1.165) is 95.8 Å². The summed E-state index contributed by atoms with van der Waals surface area (Å²) in [6.07, 6.45) is 66.6. The van der Waals surface area contributed by atoms with Crippen molar-refractivity contribution >= 4 is 39.5 Å². The fourth-order valence-corrected chi connectivity index (χ4v) is 14.3. The van der Waals surface area contributed by atoms with Gasteiger partial charge >= 0.3 is 39.5 Å². The molecule has 0 spiro atoms. The predicted molar refractivity (Wildman–Crippen MR) is 414 cm³/mol. The van der Waals surface area contributed by atoms with E-state index in [9.17, 15) is 43.2 Å². The van der Waals surface area contributed by atoms with Crippen molar-refractivity contribution in [1.29, 1.82) is 0 Å². The third kappa shape index (κ3) is 76.1. The summed E-state index contributed by atoms with van der Waals surface area (Å²) in [7, 11) is -9.92. The fraction of sp³-hybridized carbons (Fsp3) is 0.951. The third-order valence-electron chi connectivity index (χ3n) is 19.3. The van der Waals surface area contributed by atoms with E-state index in [0.29, 0.717) is 25.7 Å². The molecule has 0 aliphatic carbocycles. The summed E-state index contributed by atoms with van der Waals surface area (Å²) in [6, 6.07) is 0. The summed E-state index contributed by atoms with van der Waals surface area (Å²) in [5.74, 6) is -1.31. The molecule has 0 radical (unpaired) electrons. The lowest BCUT2D eigenvalue weighted by Gasteiger charge is -2.21. The maximum Gasteiger partial charge on any atom is 0.472 e. The van der Waals surface area contributed by atoms with Crippen LogP contribution in [0.5, 0.6) is 0 Å². The van der Waals surface area contributed by atoms with Gasteiger partial charge in [0.1, 0.15) is 19.3 Å². The quantitative estimate of drug-likeness (QED) is 0.0222. The van der Waals surface area contributed by atoms with Crippen LogP contribution in [-0.4, -0.2) is 96.7 Å². The maximum atomic E-state index is 13.1. The molecule has 0 amide bonds. The highest BCUT2D eigenvalue weighted by atomic mass is 31.2. The van der Waals surface area contributed by atoms with Gasteiger partial charge in [-0.2, -0.15) is 0 Å². The molecule has 0 fully saturated rings. The first-order chi connectivity index (χ1) is 49.0. The van der Waals surface area contributed by atoms with Gasteiger partial charge in [-0.15, -0.1) is 0 Å². The molecule has 0 aliphatic rings. The Morgan fingerprint density at radius 2 is 0.455 bits per heavy atom. The van der Waals surface area contributed by atoms with Crippen LogP contribution in [0.25, 0.3) is 0 Å². The van der Waals surface area contributed by atoms with Crippen LogP contribution < -0.4 is 0 Å². The van der Waals surface area contributed by atoms with Crippen molar-refractivity contribution < 1.29 is 80.2 Å². The van der Waals surface area contributed by atoms with Crippen LogP contribution in [0, 0.1) is 5.92 Å². The number of aliphatic hydroxyl groups is 1. The van der Waals surface area contributed by atoms with Gasteiger partial charge in [0.25, 0.3) is 0 Å². The number of ether oxygens (including phenoxy) is 4. The fourth-order valence-electron chi connectivity index (χ4n) is 12.8. The molecule has 0 rings (SSSR count). The van der Waals surface area contributed by atoms with E-state index in [2.05, 4.69) is 34.6 Å². The first kappa shape index (κ1) is 99.1. The lowest BCUT2D eigenvalue weighted by molar-refractivity contribution is -0.161. The molecule has 2 unspecified atom stereocenters. The standard InChI is InChI=1S/C82H160O17P2/c1-6-9-12-15-18-21-23-25-27-29-30-31-33-39-43-48-53-58-63-68-82(87)99-78(72-93-80(85)66-61-56-51-46-41-37-35-34-36-40-45-49-54-59-64-75(4)5)74-97-101(90,91)95-70-76(83)69-94-100(88,89)96-73-77(71-92-79(84)65-60-55-50-44-20-17-14-11-8-3)98-81(86)67-62-57-52-47-42-38-32-28-26-24-22-19-16-13-10-7-2/h75-78,83H,6-74H2,1-5H3,(H,88,89)(H,90,91)/t76-,77+,78+/m0/s1. The van der Waals surface area contributed by atoms with Crippen molar-refractivity contribution in [1.82, 2.24) is 0 Å². The van der Waals surface area contributed by atoms with Crippen LogP contribution in [0.4, 0.5) is 0 Å². The number of esters is 4. The molecule has 5 atom stereocenters. The van der Waals surface area contributed by atoms with Crippen molar-refractivity contribution in [3.63, 3.8) is 0 Å². The first-order valence-electron chi connectivity index (χ1n) is 42.6. The zero-order valence-electron chi connectivity index (χ0n) is 66.1. The Bertz CT molecular complexity index is 1930. The number of carbonyl (C=O) groups is 4. The van der Waals surface area contributed by atoms with Gasteiger partial charge in [-0.25, -0.2) is 9.13 Å². The minimum absolute atomic E-state index is 0.109. The Hall–Kier alpha value is -1.94. The molecule has 0 saturated carbocycles. The molecule has 0 bridgehead atoms. The molecule has 101 heavy (non-hydrogen) atoms. The molecule has 3 N–H and O–H groups in total. The Labute approximate surface area is 619 Å². The lowest BCUT2D eigenvalue weighted by atomic mass is 10.0. The summed E-state index contributed by atoms with van der Waals surface area (Å²) in [4.78, 5) is 73.0. The van der Waals surface area contributed by atoms with Crippen LogP contribution in [0.3, 0.4) is 0 Å². The Morgan fingerprint density at radius 1 is 0.267 bits per heavy atom. The summed E-state index contributed by atoms with van der Waals surface area (Å²) >= 11 is 0. The smallest absolute Gasteiger partial charge is 0.462 e. The highest BCUT2D eigenvalue weighted by molar-refractivity contribution is 7.47. The monoisotopic (exact) mass is 1480 g/mol. The molecule has 19 heteroatoms. The zero-order valence-corrected chi connectivity index (χ0v) is 67.8. The van der Waals surface area contributed by atoms with E-state index >= 15 is 0 Å². The van der Waals surface area contributed by atoms with Crippen molar-refractivity contribution in [2.45, 2.75) is 457 Å². The Kier molecular flexibility index (Phi) is 73.5. The number of rotatable bonds is 82. The third-order valence-corrected chi connectivity index (χ3v) is 21.2. The lowest BCUT2D eigenvalue weighted by Crippen LogP contribution is -2.30. The second-order valence-electron chi connectivity index (χ2n) is 30.0. The van der Waals surface area contributed by atoms with Gasteiger partial charge in [0.2, 0.25) is 0 Å². The summed E-state index contributed by atoms with van der Waals surface area (Å²) in [5, 5.41) is 10.6. The first-order valence-corrected chi connectivity index (χ1v) is 45.6. The largest absolute Gasteiger partial charge is 0.472 e. The van der Waals surface area contributed by atoms with Gasteiger partial charge in [0, 0.05) is 25.7 Å². The van der Waals surface area contributed by atoms with Crippen LogP contribution in [-0.2, 0) is 65.4 Å². The van der Waals surface area contributed by atoms with Crippen molar-refractivity contribution in [3.05, 3.63) is 0 Å². The van der Waals surface area contributed by atoms with Gasteiger partial charge in [-0.3, -0.25) is 37.3 Å². The minimum Gasteiger partial charge on any atom is -0.462 e. The zero-order chi connectivity index (χ0) is 74.1. The molecule has 0 saturated heterocycles. The topological polar surface area (TPSA) is 237 Å². The number of unbranched alkanes of at least 4 members (excludes halogenated alkanes) is 54. The van der Waals surface area contributed by atoms with Gasteiger partial charge in [-0.1, -0.05) is 388 Å². The average Bonchev–Trinajstić information content (AvgIpc) is 1.21. The second kappa shape index (κ2) is 74.9. The molecular formula is C82H160O17P2. The van der Waals surface area contributed by atoms with Crippen molar-refractivity contribution in [2.24, 2.45) is 5.92 Å². The van der Waals surface area contributed by atoms with Crippen molar-refractivity contribution in [3.8, 4) is 0 Å². The number of phosphoric acid groups is 2. The van der Waals surface area contributed by atoms with E-state index in [1.165, 1.54) is 263 Å². The van der Waals surface area contributed by atoms with Crippen LogP contribution >= 0.6 is 15.6 Å².